The van der Waals surface area contributed by atoms with Crippen LogP contribution in [0.2, 0.25) is 0 Å². The van der Waals surface area contributed by atoms with E-state index in [0.717, 1.165) is 75.5 Å². The zero-order valence-electron chi connectivity index (χ0n) is 55.5. The molecular formula is C72H79N13O11S3. The lowest BCUT2D eigenvalue weighted by molar-refractivity contribution is 0.0725. The number of rotatable bonds is 18. The van der Waals surface area contributed by atoms with Gasteiger partial charge in [-0.2, -0.15) is 0 Å². The van der Waals surface area contributed by atoms with Gasteiger partial charge in [-0.1, -0.05) is 78.9 Å². The Morgan fingerprint density at radius 3 is 1.31 bits per heavy atom. The molecule has 6 aromatic heterocycles. The minimum atomic E-state index is -3.37. The minimum absolute atomic E-state index is 0. The zero-order valence-corrected chi connectivity index (χ0v) is 58.0. The molecule has 0 bridgehead atoms. The highest BCUT2D eigenvalue weighted by Gasteiger charge is 2.26. The van der Waals surface area contributed by atoms with Gasteiger partial charge >= 0.3 is 0 Å². The number of sulfone groups is 3. The number of hydrogen-bond acceptors (Lipinski definition) is 18. The van der Waals surface area contributed by atoms with Gasteiger partial charge in [0.15, 0.2) is 46.5 Å². The second-order valence-corrected chi connectivity index (χ2v) is 32.3. The van der Waals surface area contributed by atoms with E-state index < -0.39 is 51.4 Å². The smallest absolute Gasteiger partial charge is 0.257 e. The number of nitrogens with zero attached hydrogens (tertiary/aromatic N) is 8. The predicted molar refractivity (Wildman–Crippen MR) is 381 cm³/mol. The van der Waals surface area contributed by atoms with Crippen LogP contribution in [0, 0.1) is 0 Å². The Kier molecular flexibility index (Phi) is 21.6. The number of aromatic amines is 3. The number of carbonyl (C=O) groups is 3. The number of amides is 3. The maximum absolute atomic E-state index is 13.0. The molecule has 27 heteroatoms. The molecular weight excluding hydrogens is 1320 g/mol. The van der Waals surface area contributed by atoms with Crippen LogP contribution in [0.4, 0.5) is 5.69 Å². The van der Waals surface area contributed by atoms with Crippen LogP contribution >= 0.6 is 0 Å². The standard InChI is InChI=1S/C27H29N5O4S.C24H24N4O4S.C21H24N4O3S.H2/c1-18(2)37(34,35)22-9-5-20(6-10-22)24-17-29-26-25(31-24)23(16-28-26)27(33)30-15-19-3-7-21(8-4-19)32-11-13-36-14-12-32;1-15(2)33(31,32)18-10-8-16(9-11-18)20-13-26-23-22(28-20)19(12-25-23)24(30)27-14-21(29)17-6-4-3-5-7-17;1-14(2)29(27,28)16-8-6-15(7-9-16)18-13-23-20-19(24-18)17(12-22-20)21(26)25-10-4-3-5-11-25;/h3-10,16-18H,11-15H2,1-2H3,(H,28,29)(H,30,33);3-13,15,21,29H,14H2,1-2H3,(H,25,26)(H,27,30);6-9,12-14H,3-5,10-11H2,1-2H3,(H,22,23);1H/t;21-;;/m.0../s1. The van der Waals surface area contributed by atoms with Crippen molar-refractivity contribution in [2.45, 2.75) is 104 Å². The Balaban J connectivity index is 0.000000162. The van der Waals surface area contributed by atoms with Gasteiger partial charge in [0.25, 0.3) is 17.7 Å². The Bertz CT molecular complexity index is 5040. The highest BCUT2D eigenvalue weighted by Crippen LogP contribution is 2.29. The molecule has 8 heterocycles. The summed E-state index contributed by atoms with van der Waals surface area (Å²) in [4.78, 5) is 79.6. The number of piperidine rings is 1. The highest BCUT2D eigenvalue weighted by atomic mass is 32.2. The molecule has 5 aromatic carbocycles. The molecule has 3 amide bonds. The summed E-state index contributed by atoms with van der Waals surface area (Å²) >= 11 is 0. The molecule has 99 heavy (non-hydrogen) atoms. The number of likely N-dealkylation sites (tertiary alicyclic amines) is 1. The topological polar surface area (TPSA) is 338 Å². The third kappa shape index (κ3) is 15.9. The summed E-state index contributed by atoms with van der Waals surface area (Å²) in [6.45, 7) is 15.1. The molecule has 2 fully saturated rings. The molecule has 1 atom stereocenters. The Labute approximate surface area is 575 Å². The number of aliphatic hydroxyl groups excluding tert-OH is 1. The van der Waals surface area contributed by atoms with Crippen LogP contribution in [-0.2, 0) is 40.8 Å². The van der Waals surface area contributed by atoms with Crippen LogP contribution in [0.15, 0.2) is 179 Å². The van der Waals surface area contributed by atoms with Crippen molar-refractivity contribution in [3.8, 4) is 33.8 Å². The van der Waals surface area contributed by atoms with E-state index >= 15 is 0 Å². The van der Waals surface area contributed by atoms with Gasteiger partial charge in [0.05, 0.1) is 102 Å². The van der Waals surface area contributed by atoms with Crippen LogP contribution in [-0.4, -0.2) is 160 Å². The minimum Gasteiger partial charge on any atom is -0.387 e. The first-order valence-electron chi connectivity index (χ1n) is 32.5. The number of aliphatic hydroxyl groups is 1. The summed E-state index contributed by atoms with van der Waals surface area (Å²) in [6.07, 6.45) is 12.0. The van der Waals surface area contributed by atoms with E-state index in [1.54, 1.807) is 157 Å². The molecule has 516 valence electrons. The molecule has 0 spiro atoms. The number of benzene rings is 5. The maximum atomic E-state index is 13.0. The van der Waals surface area contributed by atoms with E-state index in [-0.39, 0.29) is 40.4 Å². The Morgan fingerprint density at radius 1 is 0.505 bits per heavy atom. The van der Waals surface area contributed by atoms with E-state index in [2.05, 4.69) is 72.5 Å². The van der Waals surface area contributed by atoms with Gasteiger partial charge in [0.2, 0.25) is 0 Å². The van der Waals surface area contributed by atoms with Crippen molar-refractivity contribution in [3.63, 3.8) is 0 Å². The number of fused-ring (bicyclic) bond motifs is 3. The van der Waals surface area contributed by atoms with Crippen LogP contribution < -0.4 is 15.5 Å². The molecule has 0 unspecified atom stereocenters. The molecule has 2 aliphatic rings. The van der Waals surface area contributed by atoms with Crippen molar-refractivity contribution in [2.24, 2.45) is 0 Å². The lowest BCUT2D eigenvalue weighted by Crippen LogP contribution is -2.36. The molecule has 0 aliphatic carbocycles. The second-order valence-electron chi connectivity index (χ2n) is 24.8. The molecule has 2 saturated heterocycles. The van der Waals surface area contributed by atoms with Gasteiger partial charge in [-0.3, -0.25) is 14.4 Å². The van der Waals surface area contributed by atoms with Gasteiger partial charge in [0.1, 0.15) is 16.6 Å². The first kappa shape index (κ1) is 70.3. The molecule has 0 radical (unpaired) electrons. The van der Waals surface area contributed by atoms with Crippen molar-refractivity contribution >= 4 is 86.4 Å². The Hall–Kier alpha value is -10.1. The van der Waals surface area contributed by atoms with E-state index in [1.165, 1.54) is 6.20 Å². The molecule has 11 aromatic rings. The molecule has 0 saturated carbocycles. The quantitative estimate of drug-likeness (QED) is 0.0465. The molecule has 13 rings (SSSR count). The average Bonchev–Trinajstić information content (AvgIpc) is 1.70. The maximum Gasteiger partial charge on any atom is 0.257 e. The number of morpholine rings is 1. The van der Waals surface area contributed by atoms with Crippen molar-refractivity contribution < 1.29 is 50.9 Å². The first-order valence-corrected chi connectivity index (χ1v) is 37.2. The molecule has 24 nitrogen and oxygen atoms in total. The monoisotopic (exact) mass is 1400 g/mol. The second kappa shape index (κ2) is 30.4. The van der Waals surface area contributed by atoms with Gasteiger partial charge < -0.3 is 45.2 Å². The fourth-order valence-electron chi connectivity index (χ4n) is 11.1. The summed E-state index contributed by atoms with van der Waals surface area (Å²) in [5, 5.41) is 14.5. The van der Waals surface area contributed by atoms with E-state index in [9.17, 15) is 44.7 Å². The fraction of sp³-hybridized carbons (Fsp3) is 0.292. The summed E-state index contributed by atoms with van der Waals surface area (Å²) in [5.74, 6) is -0.671. The van der Waals surface area contributed by atoms with Crippen molar-refractivity contribution in [1.29, 1.82) is 0 Å². The third-order valence-corrected chi connectivity index (χ3v) is 23.7. The van der Waals surface area contributed by atoms with Gasteiger partial charge in [0, 0.05) is 81.7 Å². The van der Waals surface area contributed by atoms with Crippen LogP contribution in [0.25, 0.3) is 67.3 Å². The van der Waals surface area contributed by atoms with Gasteiger partial charge in [-0.25, -0.2) is 55.2 Å². The molecule has 2 aliphatic heterocycles. The number of ether oxygens (including phenoxy) is 1. The fourth-order valence-corrected chi connectivity index (χ4v) is 14.3. The van der Waals surface area contributed by atoms with E-state index in [1.807, 2.05) is 35.2 Å². The van der Waals surface area contributed by atoms with Crippen molar-refractivity contribution in [3.05, 3.63) is 192 Å². The van der Waals surface area contributed by atoms with Gasteiger partial charge in [-0.15, -0.1) is 0 Å². The average molecular weight is 1400 g/mol. The number of H-pyrrole nitrogens is 3. The van der Waals surface area contributed by atoms with E-state index in [4.69, 9.17) is 4.74 Å². The number of carbonyl (C=O) groups excluding carboxylic acids is 3. The number of nitrogens with one attached hydrogen (secondary N) is 5. The summed E-state index contributed by atoms with van der Waals surface area (Å²) in [5.41, 5.74) is 10.8. The summed E-state index contributed by atoms with van der Waals surface area (Å²) in [6, 6.07) is 36.9. The highest BCUT2D eigenvalue weighted by molar-refractivity contribution is 7.92. The zero-order chi connectivity index (χ0) is 70.2. The number of hydrogen-bond donors (Lipinski definition) is 6. The van der Waals surface area contributed by atoms with Crippen LogP contribution in [0.1, 0.15) is 111 Å². The third-order valence-electron chi connectivity index (χ3n) is 17.2. The largest absolute Gasteiger partial charge is 0.387 e. The number of anilines is 1. The predicted octanol–water partition coefficient (Wildman–Crippen LogP) is 10.5. The molecule has 6 N–H and O–H groups in total. The van der Waals surface area contributed by atoms with Crippen LogP contribution in [0.3, 0.4) is 0 Å². The number of aromatic nitrogens is 9. The summed E-state index contributed by atoms with van der Waals surface area (Å²) < 4.78 is 79.5. The van der Waals surface area contributed by atoms with Crippen LogP contribution in [0.5, 0.6) is 0 Å². The normalized spacial score (nSPS) is 14.0. The SMILES string of the molecule is CC(C)S(=O)(=O)c1ccc(-c2cnc3[nH]cc(C(=O)N4CCCCC4)c3n2)cc1.CC(C)S(=O)(=O)c1ccc(-c2cnc3[nH]cc(C(=O)NC[C@H](O)c4ccccc4)c3n2)cc1.CC(C)S(=O)(=O)c1ccc(-c2cnc3[nH]cc(C(=O)NCc4ccc(N5CCOCC5)cc4)c3n2)cc1.[HH]. The van der Waals surface area contributed by atoms with E-state index in [0.29, 0.717) is 90.5 Å². The Morgan fingerprint density at radius 2 is 0.899 bits per heavy atom. The summed E-state index contributed by atoms with van der Waals surface area (Å²) in [7, 11) is -10.0. The lowest BCUT2D eigenvalue weighted by atomic mass is 10.1. The lowest BCUT2D eigenvalue weighted by Gasteiger charge is -2.28. The van der Waals surface area contributed by atoms with Crippen molar-refractivity contribution in [2.75, 3.05) is 50.8 Å². The van der Waals surface area contributed by atoms with Gasteiger partial charge in [-0.05, 0) is 120 Å². The first-order chi connectivity index (χ1) is 47.5. The van der Waals surface area contributed by atoms with Crippen molar-refractivity contribution in [1.82, 2.24) is 60.4 Å².